The van der Waals surface area contributed by atoms with Gasteiger partial charge in [-0.2, -0.15) is 9.89 Å². The van der Waals surface area contributed by atoms with Crippen LogP contribution in [0.3, 0.4) is 0 Å². The smallest absolute Gasteiger partial charge is 0.343 e. The van der Waals surface area contributed by atoms with Crippen molar-refractivity contribution in [2.45, 2.75) is 13.8 Å². The predicted molar refractivity (Wildman–Crippen MR) is 66.3 cm³/mol. The molecule has 0 radical (unpaired) electrons. The highest BCUT2D eigenvalue weighted by Crippen LogP contribution is 2.19. The van der Waals surface area contributed by atoms with E-state index in [2.05, 4.69) is 16.8 Å². The molecule has 0 spiro atoms. The fraction of sp³-hybridized carbons (Fsp3) is 0.364. The lowest BCUT2D eigenvalue weighted by Gasteiger charge is -2.15. The van der Waals surface area contributed by atoms with Crippen LogP contribution in [0, 0.1) is 0 Å². The molecular weight excluding hydrogens is 220 g/mol. The molecule has 0 aliphatic rings. The fourth-order valence-corrected chi connectivity index (χ4v) is 1.34. The van der Waals surface area contributed by atoms with E-state index in [1.54, 1.807) is 25.2 Å². The summed E-state index contributed by atoms with van der Waals surface area (Å²) in [5, 5.41) is 5.75. The summed E-state index contributed by atoms with van der Waals surface area (Å²) in [5.74, 6) is -0.0842. The van der Waals surface area contributed by atoms with Crippen LogP contribution in [-0.2, 0) is 4.74 Å². The van der Waals surface area contributed by atoms with Gasteiger partial charge in [0.15, 0.2) is 5.82 Å². The number of ether oxygens (including phenoxy) is 1. The van der Waals surface area contributed by atoms with Gasteiger partial charge in [-0.05, 0) is 20.6 Å². The molecule has 0 aliphatic heterocycles. The number of rotatable bonds is 5. The van der Waals surface area contributed by atoms with Crippen molar-refractivity contribution in [1.29, 1.82) is 0 Å². The maximum atomic E-state index is 11.6. The number of carbonyl (C=O) groups excluding carboxylic acids is 1. The van der Waals surface area contributed by atoms with Crippen molar-refractivity contribution in [3.8, 4) is 0 Å². The molecule has 1 heterocycles. The maximum Gasteiger partial charge on any atom is 0.343 e. The topological polar surface area (TPSA) is 59.7 Å². The minimum absolute atomic E-state index is 0.304. The Hall–Kier alpha value is -2.11. The van der Waals surface area contributed by atoms with Crippen LogP contribution in [0.1, 0.15) is 24.2 Å². The first-order valence-electron chi connectivity index (χ1n) is 5.23. The van der Waals surface area contributed by atoms with Crippen molar-refractivity contribution < 1.29 is 9.53 Å². The van der Waals surface area contributed by atoms with E-state index in [1.165, 1.54) is 11.0 Å². The number of carbonyl (C=O) groups is 1. The van der Waals surface area contributed by atoms with E-state index in [4.69, 9.17) is 4.74 Å². The summed E-state index contributed by atoms with van der Waals surface area (Å²) in [5.41, 5.74) is 0.304. The van der Waals surface area contributed by atoms with Crippen molar-refractivity contribution >= 4 is 18.5 Å². The quantitative estimate of drug-likeness (QED) is 0.574. The van der Waals surface area contributed by atoms with Crippen molar-refractivity contribution in [1.82, 2.24) is 9.89 Å². The van der Waals surface area contributed by atoms with E-state index in [1.807, 2.05) is 13.0 Å². The fourth-order valence-electron chi connectivity index (χ4n) is 1.34. The van der Waals surface area contributed by atoms with Gasteiger partial charge in [-0.15, -0.1) is 0 Å². The van der Waals surface area contributed by atoms with Crippen LogP contribution in [0.2, 0.25) is 0 Å². The Labute approximate surface area is 100 Å². The molecule has 0 N–H and O–H groups in total. The van der Waals surface area contributed by atoms with Crippen molar-refractivity contribution in [2.24, 2.45) is 4.99 Å². The third-order valence-electron chi connectivity index (χ3n) is 2.04. The monoisotopic (exact) mass is 236 g/mol. The molecule has 0 unspecified atom stereocenters. The van der Waals surface area contributed by atoms with E-state index in [9.17, 15) is 4.79 Å². The standard InChI is InChI=1S/C11H16N4O2/c1-5-7-14(4)15-10(12-3)9(8-13-15)11(16)17-6-2/h5,7-8H,3,6H2,1-2,4H3/b7-5-. The van der Waals surface area contributed by atoms with E-state index in [-0.39, 0.29) is 0 Å². The Morgan fingerprint density at radius 3 is 3.00 bits per heavy atom. The summed E-state index contributed by atoms with van der Waals surface area (Å²) in [4.78, 5) is 16.9. The van der Waals surface area contributed by atoms with Crippen LogP contribution in [0.25, 0.3) is 0 Å². The number of nitrogens with zero attached hydrogens (tertiary/aromatic N) is 4. The number of allylic oxidation sites excluding steroid dienone is 1. The molecule has 0 aliphatic carbocycles. The summed E-state index contributed by atoms with van der Waals surface area (Å²) in [6.07, 6.45) is 5.05. The summed E-state index contributed by atoms with van der Waals surface area (Å²) in [7, 11) is 1.79. The number of esters is 1. The summed E-state index contributed by atoms with van der Waals surface area (Å²) in [6, 6.07) is 0. The zero-order chi connectivity index (χ0) is 12.8. The highest BCUT2D eigenvalue weighted by atomic mass is 16.5. The van der Waals surface area contributed by atoms with Gasteiger partial charge < -0.3 is 4.74 Å². The molecule has 0 bridgehead atoms. The lowest BCUT2D eigenvalue weighted by Crippen LogP contribution is -2.24. The first-order valence-corrected chi connectivity index (χ1v) is 5.23. The third-order valence-corrected chi connectivity index (χ3v) is 2.04. The van der Waals surface area contributed by atoms with Crippen molar-refractivity contribution in [3.05, 3.63) is 24.0 Å². The second-order valence-corrected chi connectivity index (χ2v) is 3.21. The van der Waals surface area contributed by atoms with Gasteiger partial charge in [0.25, 0.3) is 0 Å². The van der Waals surface area contributed by atoms with Crippen LogP contribution in [0.4, 0.5) is 5.82 Å². The highest BCUT2D eigenvalue weighted by molar-refractivity contribution is 5.94. The summed E-state index contributed by atoms with van der Waals surface area (Å²) < 4.78 is 4.91. The second kappa shape index (κ2) is 5.83. The Morgan fingerprint density at radius 2 is 2.47 bits per heavy atom. The second-order valence-electron chi connectivity index (χ2n) is 3.21. The zero-order valence-electron chi connectivity index (χ0n) is 10.3. The Balaban J connectivity index is 3.11. The highest BCUT2D eigenvalue weighted by Gasteiger charge is 2.18. The number of aromatic nitrogens is 2. The zero-order valence-corrected chi connectivity index (χ0v) is 10.3. The molecule has 17 heavy (non-hydrogen) atoms. The van der Waals surface area contributed by atoms with Gasteiger partial charge >= 0.3 is 5.97 Å². The Kier molecular flexibility index (Phi) is 4.45. The number of aliphatic imine (C=N–C) groups is 1. The van der Waals surface area contributed by atoms with Crippen LogP contribution in [-0.4, -0.2) is 36.2 Å². The molecule has 0 fully saturated rings. The number of hydrogen-bond donors (Lipinski definition) is 0. The van der Waals surface area contributed by atoms with Gasteiger partial charge in [-0.3, -0.25) is 5.01 Å². The molecule has 1 aromatic rings. The van der Waals surface area contributed by atoms with E-state index in [0.29, 0.717) is 18.0 Å². The molecule has 0 amide bonds. The molecule has 0 saturated heterocycles. The average Bonchev–Trinajstić information content (AvgIpc) is 2.73. The normalized spacial score (nSPS) is 10.5. The van der Waals surface area contributed by atoms with Crippen LogP contribution in [0.5, 0.6) is 0 Å². The maximum absolute atomic E-state index is 11.6. The number of hydrogen-bond acceptors (Lipinski definition) is 5. The molecule has 0 atom stereocenters. The van der Waals surface area contributed by atoms with Gasteiger partial charge in [0.2, 0.25) is 0 Å². The van der Waals surface area contributed by atoms with Gasteiger partial charge in [0.1, 0.15) is 5.56 Å². The molecule has 1 rings (SSSR count). The average molecular weight is 236 g/mol. The molecule has 6 nitrogen and oxygen atoms in total. The largest absolute Gasteiger partial charge is 0.462 e. The van der Waals surface area contributed by atoms with Crippen molar-refractivity contribution in [3.63, 3.8) is 0 Å². The first-order chi connectivity index (χ1) is 8.15. The predicted octanol–water partition coefficient (Wildman–Crippen LogP) is 1.49. The van der Waals surface area contributed by atoms with E-state index >= 15 is 0 Å². The minimum Gasteiger partial charge on any atom is -0.462 e. The molecule has 1 aromatic heterocycles. The molecule has 0 saturated carbocycles. The molecule has 6 heteroatoms. The minimum atomic E-state index is -0.449. The van der Waals surface area contributed by atoms with E-state index in [0.717, 1.165) is 0 Å². The van der Waals surface area contributed by atoms with Crippen LogP contribution in [0.15, 0.2) is 23.5 Å². The van der Waals surface area contributed by atoms with Gasteiger partial charge in [0, 0.05) is 13.2 Å². The van der Waals surface area contributed by atoms with Crippen LogP contribution >= 0.6 is 0 Å². The van der Waals surface area contributed by atoms with E-state index < -0.39 is 5.97 Å². The molecular formula is C11H16N4O2. The third kappa shape index (κ3) is 2.72. The lowest BCUT2D eigenvalue weighted by atomic mass is 10.3. The Bertz CT molecular complexity index is 437. The van der Waals surface area contributed by atoms with Crippen molar-refractivity contribution in [2.75, 3.05) is 18.7 Å². The van der Waals surface area contributed by atoms with Gasteiger partial charge in [-0.25, -0.2) is 9.79 Å². The summed E-state index contributed by atoms with van der Waals surface area (Å²) in [6.45, 7) is 7.38. The first kappa shape index (κ1) is 13.0. The Morgan fingerprint density at radius 1 is 1.76 bits per heavy atom. The molecule has 0 aromatic carbocycles. The lowest BCUT2D eigenvalue weighted by molar-refractivity contribution is 0.0527. The van der Waals surface area contributed by atoms with Crippen LogP contribution < -0.4 is 5.01 Å². The summed E-state index contributed by atoms with van der Waals surface area (Å²) >= 11 is 0. The molecule has 92 valence electrons. The SMILES string of the molecule is C=Nc1c(C(=O)OCC)cnn1N(C)/C=C\C. The van der Waals surface area contributed by atoms with Gasteiger partial charge in [0.05, 0.1) is 12.8 Å². The van der Waals surface area contributed by atoms with Gasteiger partial charge in [-0.1, -0.05) is 6.08 Å².